The van der Waals surface area contributed by atoms with Crippen LogP contribution in [-0.2, 0) is 12.8 Å². The zero-order valence-corrected chi connectivity index (χ0v) is 12.5. The molecule has 0 radical (unpaired) electrons. The minimum atomic E-state index is 0.279. The lowest BCUT2D eigenvalue weighted by molar-refractivity contribution is 0.305. The highest BCUT2D eigenvalue weighted by molar-refractivity contribution is 5.47. The maximum atomic E-state index is 9.88. The Morgan fingerprint density at radius 3 is 2.55 bits per heavy atom. The fraction of sp³-hybridized carbons (Fsp3) is 0.556. The van der Waals surface area contributed by atoms with Gasteiger partial charge in [0.1, 0.15) is 0 Å². The van der Waals surface area contributed by atoms with Gasteiger partial charge in [0.25, 0.3) is 0 Å². The smallest absolute Gasteiger partial charge is 0.160 e. The molecule has 0 heterocycles. The van der Waals surface area contributed by atoms with Crippen LogP contribution in [0.1, 0.15) is 43.7 Å². The number of phenols is 1. The molecule has 0 spiro atoms. The molecule has 1 aromatic rings. The maximum absolute atomic E-state index is 9.88. The first-order chi connectivity index (χ1) is 9.71. The first-order valence-electron chi connectivity index (χ1n) is 7.74. The number of benzene rings is 1. The predicted octanol–water partition coefficient (Wildman–Crippen LogP) is 4.25. The largest absolute Gasteiger partial charge is 0.504 e. The molecule has 2 unspecified atom stereocenters. The number of hydrogen-bond donors (Lipinski definition) is 1. The van der Waals surface area contributed by atoms with Gasteiger partial charge in [0.15, 0.2) is 11.5 Å². The van der Waals surface area contributed by atoms with Crippen molar-refractivity contribution >= 4 is 0 Å². The van der Waals surface area contributed by atoms with Crippen LogP contribution < -0.4 is 4.74 Å². The van der Waals surface area contributed by atoms with Crippen molar-refractivity contribution in [2.45, 2.75) is 45.4 Å². The van der Waals surface area contributed by atoms with E-state index in [0.29, 0.717) is 5.75 Å². The highest BCUT2D eigenvalue weighted by Gasteiger charge is 2.30. The van der Waals surface area contributed by atoms with Gasteiger partial charge in [-0.2, -0.15) is 0 Å². The fourth-order valence-electron chi connectivity index (χ4n) is 3.94. The van der Waals surface area contributed by atoms with Crippen LogP contribution in [0.25, 0.3) is 0 Å². The third-order valence-corrected chi connectivity index (χ3v) is 5.20. The summed E-state index contributed by atoms with van der Waals surface area (Å²) in [5.41, 5.74) is 4.33. The minimum absolute atomic E-state index is 0.279. The number of rotatable bonds is 2. The molecule has 3 rings (SSSR count). The maximum Gasteiger partial charge on any atom is 0.160 e. The van der Waals surface area contributed by atoms with E-state index < -0.39 is 0 Å². The first-order valence-corrected chi connectivity index (χ1v) is 7.74. The first kappa shape index (κ1) is 13.5. The molecule has 2 aliphatic carbocycles. The van der Waals surface area contributed by atoms with Crippen molar-refractivity contribution in [3.8, 4) is 11.5 Å². The summed E-state index contributed by atoms with van der Waals surface area (Å²) >= 11 is 0. The molecule has 1 saturated carbocycles. The summed E-state index contributed by atoms with van der Waals surface area (Å²) in [6.45, 7) is 2.17. The van der Waals surface area contributed by atoms with Crippen molar-refractivity contribution in [1.29, 1.82) is 0 Å². The van der Waals surface area contributed by atoms with Gasteiger partial charge < -0.3 is 9.84 Å². The normalized spacial score (nSPS) is 27.6. The molecule has 1 fully saturated rings. The molecule has 0 aliphatic heterocycles. The van der Waals surface area contributed by atoms with Crippen LogP contribution in [0.5, 0.6) is 11.5 Å². The fourth-order valence-corrected chi connectivity index (χ4v) is 3.94. The van der Waals surface area contributed by atoms with E-state index in [1.54, 1.807) is 12.7 Å². The highest BCUT2D eigenvalue weighted by atomic mass is 16.5. The van der Waals surface area contributed by atoms with Gasteiger partial charge in [-0.3, -0.25) is 0 Å². The third kappa shape index (κ3) is 2.44. The van der Waals surface area contributed by atoms with Crippen LogP contribution in [0.4, 0.5) is 0 Å². The van der Waals surface area contributed by atoms with E-state index in [0.717, 1.165) is 24.7 Å². The monoisotopic (exact) mass is 272 g/mol. The highest BCUT2D eigenvalue weighted by Crippen LogP contribution is 2.42. The zero-order valence-electron chi connectivity index (χ0n) is 12.5. The number of methoxy groups -OCH3 is 1. The summed E-state index contributed by atoms with van der Waals surface area (Å²) in [6, 6.07) is 3.94. The molecule has 0 saturated heterocycles. The topological polar surface area (TPSA) is 29.5 Å². The lowest BCUT2D eigenvalue weighted by Gasteiger charge is -2.29. The Morgan fingerprint density at radius 2 is 1.85 bits per heavy atom. The average molecular weight is 272 g/mol. The van der Waals surface area contributed by atoms with Gasteiger partial charge in [0.05, 0.1) is 7.11 Å². The number of aromatic hydroxyl groups is 1. The Balaban J connectivity index is 1.78. The summed E-state index contributed by atoms with van der Waals surface area (Å²) in [6.07, 6.45) is 9.76. The Labute approximate surface area is 121 Å². The van der Waals surface area contributed by atoms with Gasteiger partial charge in [0, 0.05) is 0 Å². The molecule has 20 heavy (non-hydrogen) atoms. The Kier molecular flexibility index (Phi) is 3.73. The molecule has 2 aliphatic rings. The van der Waals surface area contributed by atoms with Crippen molar-refractivity contribution in [2.24, 2.45) is 11.8 Å². The van der Waals surface area contributed by atoms with Gasteiger partial charge in [-0.05, 0) is 80.5 Å². The molecule has 2 heteroatoms. The predicted molar refractivity (Wildman–Crippen MR) is 81.3 cm³/mol. The lowest BCUT2D eigenvalue weighted by atomic mass is 9.76. The van der Waals surface area contributed by atoms with Crippen LogP contribution in [0.15, 0.2) is 23.8 Å². The average Bonchev–Trinajstić information content (AvgIpc) is 2.95. The lowest BCUT2D eigenvalue weighted by Crippen LogP contribution is -2.21. The second-order valence-electron chi connectivity index (χ2n) is 6.25. The van der Waals surface area contributed by atoms with E-state index >= 15 is 0 Å². The van der Waals surface area contributed by atoms with Crippen molar-refractivity contribution in [2.75, 3.05) is 7.11 Å². The molecule has 0 aromatic heterocycles. The molecule has 0 amide bonds. The second-order valence-corrected chi connectivity index (χ2v) is 6.25. The molecular formula is C18H24O2. The van der Waals surface area contributed by atoms with Crippen molar-refractivity contribution in [3.63, 3.8) is 0 Å². The van der Waals surface area contributed by atoms with E-state index in [2.05, 4.69) is 13.0 Å². The van der Waals surface area contributed by atoms with Crippen molar-refractivity contribution in [1.82, 2.24) is 0 Å². The quantitative estimate of drug-likeness (QED) is 0.815. The van der Waals surface area contributed by atoms with E-state index in [1.165, 1.54) is 36.8 Å². The summed E-state index contributed by atoms with van der Waals surface area (Å²) in [5, 5.41) is 9.88. The summed E-state index contributed by atoms with van der Waals surface area (Å²) in [5.74, 6) is 2.55. The summed E-state index contributed by atoms with van der Waals surface area (Å²) in [4.78, 5) is 0. The van der Waals surface area contributed by atoms with Crippen molar-refractivity contribution < 1.29 is 9.84 Å². The third-order valence-electron chi connectivity index (χ3n) is 5.20. The molecule has 2 nitrogen and oxygen atoms in total. The van der Waals surface area contributed by atoms with E-state index in [1.807, 2.05) is 12.1 Å². The SMILES string of the molecule is C/C=C1/CCC(C2CCc3cc(O)c(OC)cc3C2)C1. The van der Waals surface area contributed by atoms with Gasteiger partial charge >= 0.3 is 0 Å². The van der Waals surface area contributed by atoms with Gasteiger partial charge in [-0.25, -0.2) is 0 Å². The standard InChI is InChI=1S/C18H24O2/c1-3-12-4-5-13(8-12)14-6-7-15-10-17(19)18(20-2)11-16(15)9-14/h3,10-11,13-14,19H,4-9H2,1-2H3/b12-3-. The molecule has 108 valence electrons. The Bertz CT molecular complexity index is 530. The number of allylic oxidation sites excluding steroid dienone is 2. The number of hydrogen-bond acceptors (Lipinski definition) is 2. The van der Waals surface area contributed by atoms with E-state index in [9.17, 15) is 5.11 Å². The van der Waals surface area contributed by atoms with E-state index in [-0.39, 0.29) is 5.75 Å². The summed E-state index contributed by atoms with van der Waals surface area (Å²) < 4.78 is 5.25. The molecule has 1 aromatic carbocycles. The zero-order chi connectivity index (χ0) is 14.1. The summed E-state index contributed by atoms with van der Waals surface area (Å²) in [7, 11) is 1.62. The number of ether oxygens (including phenoxy) is 1. The van der Waals surface area contributed by atoms with Crippen molar-refractivity contribution in [3.05, 3.63) is 34.9 Å². The van der Waals surface area contributed by atoms with Crippen LogP contribution in [0.3, 0.4) is 0 Å². The molecule has 0 bridgehead atoms. The second kappa shape index (κ2) is 5.51. The van der Waals surface area contributed by atoms with E-state index in [4.69, 9.17) is 4.74 Å². The Hall–Kier alpha value is -1.44. The number of fused-ring (bicyclic) bond motifs is 1. The molecule has 2 atom stereocenters. The van der Waals surface area contributed by atoms with Crippen LogP contribution in [0, 0.1) is 11.8 Å². The molecule has 1 N–H and O–H groups in total. The number of phenolic OH excluding ortho intramolecular Hbond substituents is 1. The van der Waals surface area contributed by atoms with Gasteiger partial charge in [0.2, 0.25) is 0 Å². The minimum Gasteiger partial charge on any atom is -0.504 e. The Morgan fingerprint density at radius 1 is 1.10 bits per heavy atom. The van der Waals surface area contributed by atoms with Crippen LogP contribution >= 0.6 is 0 Å². The van der Waals surface area contributed by atoms with Gasteiger partial charge in [-0.15, -0.1) is 0 Å². The van der Waals surface area contributed by atoms with Gasteiger partial charge in [-0.1, -0.05) is 11.6 Å². The van der Waals surface area contributed by atoms with Crippen LogP contribution in [-0.4, -0.2) is 12.2 Å². The van der Waals surface area contributed by atoms with Crippen LogP contribution in [0.2, 0.25) is 0 Å². The molecular weight excluding hydrogens is 248 g/mol. The number of aryl methyl sites for hydroxylation is 1.